The van der Waals surface area contributed by atoms with Crippen LogP contribution in [0.15, 0.2) is 54.9 Å². The third-order valence-corrected chi connectivity index (χ3v) is 4.01. The number of para-hydroxylation sites is 2. The Balaban J connectivity index is 1.73. The van der Waals surface area contributed by atoms with Crippen LogP contribution in [0.3, 0.4) is 0 Å². The molecular formula is C18H14Cl2N4O2. The van der Waals surface area contributed by atoms with Gasteiger partial charge in [-0.25, -0.2) is 9.97 Å². The molecular weight excluding hydrogens is 375 g/mol. The van der Waals surface area contributed by atoms with Gasteiger partial charge in [-0.2, -0.15) is 0 Å². The first kappa shape index (κ1) is 18.0. The molecule has 0 saturated carbocycles. The largest absolute Gasteiger partial charge is 0.495 e. The Morgan fingerprint density at radius 3 is 2.50 bits per heavy atom. The Labute approximate surface area is 160 Å². The summed E-state index contributed by atoms with van der Waals surface area (Å²) in [4.78, 5) is 20.6. The summed E-state index contributed by atoms with van der Waals surface area (Å²) >= 11 is 12.0. The average Bonchev–Trinajstić information content (AvgIpc) is 2.65. The fraction of sp³-hybridized carbons (Fsp3) is 0.0556. The van der Waals surface area contributed by atoms with Gasteiger partial charge in [0.2, 0.25) is 5.95 Å². The molecule has 3 aromatic rings. The second kappa shape index (κ2) is 8.03. The lowest BCUT2D eigenvalue weighted by Crippen LogP contribution is -2.13. The van der Waals surface area contributed by atoms with E-state index in [1.807, 2.05) is 6.07 Å². The van der Waals surface area contributed by atoms with E-state index in [9.17, 15) is 4.79 Å². The van der Waals surface area contributed by atoms with Crippen LogP contribution in [-0.2, 0) is 0 Å². The van der Waals surface area contributed by atoms with Gasteiger partial charge in [-0.15, -0.1) is 0 Å². The zero-order chi connectivity index (χ0) is 18.5. The predicted molar refractivity (Wildman–Crippen MR) is 103 cm³/mol. The second-order valence-electron chi connectivity index (χ2n) is 5.20. The van der Waals surface area contributed by atoms with Crippen LogP contribution in [0.1, 0.15) is 10.4 Å². The molecule has 0 fully saturated rings. The van der Waals surface area contributed by atoms with Crippen molar-refractivity contribution in [2.45, 2.75) is 0 Å². The van der Waals surface area contributed by atoms with Gasteiger partial charge in [-0.05, 0) is 30.3 Å². The third kappa shape index (κ3) is 4.22. The van der Waals surface area contributed by atoms with E-state index >= 15 is 0 Å². The van der Waals surface area contributed by atoms with Crippen LogP contribution in [0.5, 0.6) is 5.75 Å². The van der Waals surface area contributed by atoms with E-state index in [0.717, 1.165) is 0 Å². The summed E-state index contributed by atoms with van der Waals surface area (Å²) in [6, 6.07) is 12.1. The molecule has 0 saturated heterocycles. The van der Waals surface area contributed by atoms with E-state index in [1.165, 1.54) is 19.5 Å². The van der Waals surface area contributed by atoms with Gasteiger partial charge in [0.25, 0.3) is 5.91 Å². The fourth-order valence-electron chi connectivity index (χ4n) is 2.17. The monoisotopic (exact) mass is 388 g/mol. The van der Waals surface area contributed by atoms with Crippen LogP contribution < -0.4 is 15.4 Å². The van der Waals surface area contributed by atoms with E-state index < -0.39 is 0 Å². The highest BCUT2D eigenvalue weighted by Crippen LogP contribution is 2.27. The van der Waals surface area contributed by atoms with Gasteiger partial charge in [-0.1, -0.05) is 35.3 Å². The first-order chi connectivity index (χ1) is 12.6. The number of hydrogen-bond donors (Lipinski definition) is 2. The first-order valence-corrected chi connectivity index (χ1v) is 8.31. The molecule has 26 heavy (non-hydrogen) atoms. The quantitative estimate of drug-likeness (QED) is 0.656. The van der Waals surface area contributed by atoms with Crippen LogP contribution in [0.2, 0.25) is 10.0 Å². The summed E-state index contributed by atoms with van der Waals surface area (Å²) in [6.45, 7) is 0. The van der Waals surface area contributed by atoms with Gasteiger partial charge in [0.05, 0.1) is 29.1 Å². The lowest BCUT2D eigenvalue weighted by molar-refractivity contribution is 0.102. The summed E-state index contributed by atoms with van der Waals surface area (Å²) in [6.07, 6.45) is 2.83. The number of nitrogens with one attached hydrogen (secondary N) is 2. The molecule has 0 bridgehead atoms. The predicted octanol–water partition coefficient (Wildman–Crippen LogP) is 4.79. The van der Waals surface area contributed by atoms with Gasteiger partial charge in [0.15, 0.2) is 0 Å². The van der Waals surface area contributed by atoms with Crippen molar-refractivity contribution < 1.29 is 9.53 Å². The van der Waals surface area contributed by atoms with Gasteiger partial charge in [-0.3, -0.25) is 4.79 Å². The number of methoxy groups -OCH3 is 1. The molecule has 0 aliphatic heterocycles. The van der Waals surface area contributed by atoms with Crippen LogP contribution in [0, 0.1) is 0 Å². The maximum Gasteiger partial charge on any atom is 0.258 e. The number of ether oxygens (including phenoxy) is 1. The zero-order valence-corrected chi connectivity index (χ0v) is 15.2. The normalized spacial score (nSPS) is 10.3. The Morgan fingerprint density at radius 1 is 1.04 bits per heavy atom. The minimum atomic E-state index is -0.346. The number of benzene rings is 2. The number of hydrogen-bond acceptors (Lipinski definition) is 5. The Hall–Kier alpha value is -2.83. The topological polar surface area (TPSA) is 76.1 Å². The molecule has 1 heterocycles. The Kier molecular flexibility index (Phi) is 5.55. The van der Waals surface area contributed by atoms with Crippen LogP contribution in [-0.4, -0.2) is 23.0 Å². The molecule has 3 rings (SSSR count). The number of nitrogens with zero attached hydrogens (tertiary/aromatic N) is 2. The average molecular weight is 389 g/mol. The molecule has 0 atom stereocenters. The summed E-state index contributed by atoms with van der Waals surface area (Å²) in [5, 5.41) is 6.73. The number of anilines is 3. The number of halogens is 2. The SMILES string of the molecule is COc1ccccc1NC(=O)c1cnc(Nc2cc(Cl)ccc2Cl)nc1. The fourth-order valence-corrected chi connectivity index (χ4v) is 2.50. The smallest absolute Gasteiger partial charge is 0.258 e. The van der Waals surface area contributed by atoms with Crippen molar-refractivity contribution in [2.24, 2.45) is 0 Å². The number of aromatic nitrogens is 2. The Bertz CT molecular complexity index is 933. The van der Waals surface area contributed by atoms with E-state index in [2.05, 4.69) is 20.6 Å². The third-order valence-electron chi connectivity index (χ3n) is 3.44. The summed E-state index contributed by atoms with van der Waals surface area (Å²) in [7, 11) is 1.54. The molecule has 2 aromatic carbocycles. The van der Waals surface area contributed by atoms with Crippen LogP contribution in [0.25, 0.3) is 0 Å². The van der Waals surface area contributed by atoms with Crippen LogP contribution >= 0.6 is 23.2 Å². The lowest BCUT2D eigenvalue weighted by atomic mass is 10.2. The van der Waals surface area contributed by atoms with Crippen molar-refractivity contribution in [3.63, 3.8) is 0 Å². The summed E-state index contributed by atoms with van der Waals surface area (Å²) in [5.41, 5.74) is 1.44. The van der Waals surface area contributed by atoms with E-state index in [0.29, 0.717) is 38.7 Å². The molecule has 0 aliphatic rings. The Morgan fingerprint density at radius 2 is 1.77 bits per heavy atom. The molecule has 6 nitrogen and oxygen atoms in total. The highest BCUT2D eigenvalue weighted by atomic mass is 35.5. The van der Waals surface area contributed by atoms with E-state index in [1.54, 1.807) is 36.4 Å². The highest BCUT2D eigenvalue weighted by molar-refractivity contribution is 6.35. The van der Waals surface area contributed by atoms with Crippen molar-refractivity contribution in [3.05, 3.63) is 70.5 Å². The molecule has 1 aromatic heterocycles. The van der Waals surface area contributed by atoms with Crippen LogP contribution in [0.4, 0.5) is 17.3 Å². The maximum atomic E-state index is 12.3. The number of carbonyl (C=O) groups excluding carboxylic acids is 1. The standard InChI is InChI=1S/C18H14Cl2N4O2/c1-26-16-5-3-2-4-14(16)23-17(25)11-9-21-18(22-10-11)24-15-8-12(19)6-7-13(15)20/h2-10H,1H3,(H,23,25)(H,21,22,24). The molecule has 0 unspecified atom stereocenters. The minimum absolute atomic E-state index is 0.294. The molecule has 1 amide bonds. The lowest BCUT2D eigenvalue weighted by Gasteiger charge is -2.10. The van der Waals surface area contributed by atoms with E-state index in [-0.39, 0.29) is 5.91 Å². The second-order valence-corrected chi connectivity index (χ2v) is 6.04. The molecule has 0 spiro atoms. The van der Waals surface area contributed by atoms with Crippen molar-refractivity contribution in [1.82, 2.24) is 9.97 Å². The van der Waals surface area contributed by atoms with Gasteiger partial charge in [0, 0.05) is 17.4 Å². The maximum absolute atomic E-state index is 12.3. The van der Waals surface area contributed by atoms with Gasteiger partial charge >= 0.3 is 0 Å². The molecule has 132 valence electrons. The van der Waals surface area contributed by atoms with Gasteiger partial charge in [0.1, 0.15) is 5.75 Å². The van der Waals surface area contributed by atoms with Crippen molar-refractivity contribution in [1.29, 1.82) is 0 Å². The van der Waals surface area contributed by atoms with Crippen molar-refractivity contribution >= 4 is 46.4 Å². The zero-order valence-electron chi connectivity index (χ0n) is 13.7. The summed E-state index contributed by atoms with van der Waals surface area (Å²) < 4.78 is 5.21. The molecule has 8 heteroatoms. The summed E-state index contributed by atoms with van der Waals surface area (Å²) in [5.74, 6) is 0.514. The first-order valence-electron chi connectivity index (χ1n) is 7.55. The van der Waals surface area contributed by atoms with Gasteiger partial charge < -0.3 is 15.4 Å². The van der Waals surface area contributed by atoms with Crippen molar-refractivity contribution in [3.8, 4) is 5.75 Å². The molecule has 0 aliphatic carbocycles. The molecule has 0 radical (unpaired) electrons. The minimum Gasteiger partial charge on any atom is -0.495 e. The highest BCUT2D eigenvalue weighted by Gasteiger charge is 2.11. The molecule has 2 N–H and O–H groups in total. The van der Waals surface area contributed by atoms with E-state index in [4.69, 9.17) is 27.9 Å². The number of amides is 1. The number of carbonyl (C=O) groups is 1. The number of rotatable bonds is 5. The van der Waals surface area contributed by atoms with Crippen molar-refractivity contribution in [2.75, 3.05) is 17.7 Å².